The van der Waals surface area contributed by atoms with Crippen LogP contribution >= 0.6 is 0 Å². The third kappa shape index (κ3) is 4.44. The van der Waals surface area contributed by atoms with Crippen molar-refractivity contribution < 1.29 is 4.79 Å². The minimum Gasteiger partial charge on any atom is -0.373 e. The third-order valence-corrected chi connectivity index (χ3v) is 3.81. The van der Waals surface area contributed by atoms with Crippen LogP contribution in [0.5, 0.6) is 0 Å². The number of rotatable bonds is 4. The largest absolute Gasteiger partial charge is 0.373 e. The second kappa shape index (κ2) is 7.78. The van der Waals surface area contributed by atoms with Crippen LogP contribution in [0.15, 0.2) is 30.3 Å². The van der Waals surface area contributed by atoms with E-state index in [9.17, 15) is 4.79 Å². The van der Waals surface area contributed by atoms with E-state index in [4.69, 9.17) is 0 Å². The van der Waals surface area contributed by atoms with Crippen LogP contribution in [0, 0.1) is 0 Å². The molecule has 0 unspecified atom stereocenters. The van der Waals surface area contributed by atoms with Crippen LogP contribution in [0.4, 0.5) is 10.5 Å². The van der Waals surface area contributed by atoms with Gasteiger partial charge in [-0.25, -0.2) is 4.79 Å². The van der Waals surface area contributed by atoms with Gasteiger partial charge in [0, 0.05) is 38.9 Å². The monoisotopic (exact) mass is 275 g/mol. The number of urea groups is 1. The summed E-state index contributed by atoms with van der Waals surface area (Å²) >= 11 is 0. The molecule has 1 aromatic rings. The summed E-state index contributed by atoms with van der Waals surface area (Å²) in [4.78, 5) is 16.2. The van der Waals surface area contributed by atoms with Crippen molar-refractivity contribution in [3.63, 3.8) is 0 Å². The van der Waals surface area contributed by atoms with Gasteiger partial charge in [0.15, 0.2) is 0 Å². The van der Waals surface area contributed by atoms with Crippen molar-refractivity contribution in [2.45, 2.75) is 25.7 Å². The first-order valence-corrected chi connectivity index (χ1v) is 7.56. The number of para-hydroxylation sites is 1. The molecular formula is C16H25N3O. The Kier molecular flexibility index (Phi) is 5.71. The number of anilines is 1. The number of nitrogens with one attached hydrogen (secondary N) is 1. The number of carbonyl (C=O) groups excluding carboxylic acids is 1. The zero-order valence-corrected chi connectivity index (χ0v) is 12.3. The molecule has 110 valence electrons. The van der Waals surface area contributed by atoms with Gasteiger partial charge in [-0.15, -0.1) is 0 Å². The Labute approximate surface area is 121 Å². The normalized spacial score (nSPS) is 15.6. The molecule has 1 aliphatic rings. The van der Waals surface area contributed by atoms with Gasteiger partial charge in [0.05, 0.1) is 0 Å². The van der Waals surface area contributed by atoms with Gasteiger partial charge in [-0.2, -0.15) is 0 Å². The smallest absolute Gasteiger partial charge is 0.317 e. The van der Waals surface area contributed by atoms with Gasteiger partial charge in [0.25, 0.3) is 0 Å². The Morgan fingerprint density at radius 3 is 2.45 bits per heavy atom. The first-order valence-electron chi connectivity index (χ1n) is 7.56. The van der Waals surface area contributed by atoms with E-state index in [1.807, 2.05) is 30.1 Å². The van der Waals surface area contributed by atoms with Crippen LogP contribution in [0.1, 0.15) is 25.7 Å². The summed E-state index contributed by atoms with van der Waals surface area (Å²) < 4.78 is 0. The highest BCUT2D eigenvalue weighted by Gasteiger charge is 2.14. The molecule has 0 spiro atoms. The van der Waals surface area contributed by atoms with Crippen molar-refractivity contribution in [2.24, 2.45) is 0 Å². The summed E-state index contributed by atoms with van der Waals surface area (Å²) in [6.45, 7) is 3.31. The van der Waals surface area contributed by atoms with Crippen molar-refractivity contribution in [2.75, 3.05) is 38.1 Å². The van der Waals surface area contributed by atoms with E-state index in [0.29, 0.717) is 6.54 Å². The molecule has 1 aliphatic heterocycles. The number of carbonyl (C=O) groups is 1. The molecule has 0 aliphatic carbocycles. The maximum atomic E-state index is 12.1. The number of amides is 2. The molecule has 4 heteroatoms. The Hall–Kier alpha value is -1.71. The van der Waals surface area contributed by atoms with Crippen LogP contribution in [-0.2, 0) is 0 Å². The first kappa shape index (κ1) is 14.7. The van der Waals surface area contributed by atoms with Crippen molar-refractivity contribution in [1.29, 1.82) is 0 Å². The fraction of sp³-hybridized carbons (Fsp3) is 0.562. The van der Waals surface area contributed by atoms with Crippen LogP contribution in [0.25, 0.3) is 0 Å². The molecule has 1 saturated heterocycles. The van der Waals surface area contributed by atoms with E-state index in [1.54, 1.807) is 0 Å². The van der Waals surface area contributed by atoms with Crippen molar-refractivity contribution in [3.05, 3.63) is 30.3 Å². The van der Waals surface area contributed by atoms with Crippen LogP contribution in [0.2, 0.25) is 0 Å². The van der Waals surface area contributed by atoms with Gasteiger partial charge < -0.3 is 15.1 Å². The quantitative estimate of drug-likeness (QED) is 0.917. The Morgan fingerprint density at radius 1 is 1.15 bits per heavy atom. The van der Waals surface area contributed by atoms with Gasteiger partial charge in [-0.3, -0.25) is 0 Å². The Balaban J connectivity index is 1.71. The zero-order valence-electron chi connectivity index (χ0n) is 12.3. The first-order chi connectivity index (χ1) is 9.77. The zero-order chi connectivity index (χ0) is 14.2. The summed E-state index contributed by atoms with van der Waals surface area (Å²) in [5.41, 5.74) is 1.18. The molecule has 0 saturated carbocycles. The summed E-state index contributed by atoms with van der Waals surface area (Å²) in [5.74, 6) is 0. The van der Waals surface area contributed by atoms with Gasteiger partial charge in [-0.1, -0.05) is 31.0 Å². The number of benzene rings is 1. The molecule has 2 amide bonds. The molecule has 0 aromatic heterocycles. The second-order valence-corrected chi connectivity index (χ2v) is 5.39. The van der Waals surface area contributed by atoms with Crippen molar-refractivity contribution >= 4 is 11.7 Å². The molecule has 1 aromatic carbocycles. The standard InChI is InChI=1S/C16H25N3O/c1-18(15-9-5-4-6-10-15)14-11-17-16(20)19-12-7-2-3-8-13-19/h4-6,9-10H,2-3,7-8,11-14H2,1H3,(H,17,20). The minimum atomic E-state index is 0.0911. The van der Waals surface area contributed by atoms with E-state index in [-0.39, 0.29) is 6.03 Å². The lowest BCUT2D eigenvalue weighted by atomic mass is 10.2. The fourth-order valence-corrected chi connectivity index (χ4v) is 2.53. The van der Waals surface area contributed by atoms with Gasteiger partial charge in [0.2, 0.25) is 0 Å². The minimum absolute atomic E-state index is 0.0911. The third-order valence-electron chi connectivity index (χ3n) is 3.81. The Bertz CT molecular complexity index is 399. The number of hydrogen-bond donors (Lipinski definition) is 1. The average molecular weight is 275 g/mol. The molecule has 20 heavy (non-hydrogen) atoms. The van der Waals surface area contributed by atoms with Crippen LogP contribution in [-0.4, -0.2) is 44.2 Å². The summed E-state index contributed by atoms with van der Waals surface area (Å²) in [5, 5.41) is 3.03. The average Bonchev–Trinajstić information content (AvgIpc) is 2.77. The molecule has 1 fully saturated rings. The van der Waals surface area contributed by atoms with E-state index in [1.165, 1.54) is 18.5 Å². The van der Waals surface area contributed by atoms with E-state index in [2.05, 4.69) is 22.3 Å². The predicted molar refractivity (Wildman–Crippen MR) is 83.2 cm³/mol. The maximum Gasteiger partial charge on any atom is 0.317 e. The number of likely N-dealkylation sites (N-methyl/N-ethyl adjacent to an activating group) is 1. The lowest BCUT2D eigenvalue weighted by Gasteiger charge is -2.23. The molecule has 0 bridgehead atoms. The van der Waals surface area contributed by atoms with Gasteiger partial charge >= 0.3 is 6.03 Å². The van der Waals surface area contributed by atoms with Crippen molar-refractivity contribution in [1.82, 2.24) is 10.2 Å². The molecule has 2 rings (SSSR count). The molecule has 1 N–H and O–H groups in total. The van der Waals surface area contributed by atoms with Crippen LogP contribution < -0.4 is 10.2 Å². The molecule has 0 atom stereocenters. The van der Waals surface area contributed by atoms with E-state index >= 15 is 0 Å². The van der Waals surface area contributed by atoms with E-state index < -0.39 is 0 Å². The number of hydrogen-bond acceptors (Lipinski definition) is 2. The number of nitrogens with zero attached hydrogens (tertiary/aromatic N) is 2. The van der Waals surface area contributed by atoms with Crippen LogP contribution in [0.3, 0.4) is 0 Å². The van der Waals surface area contributed by atoms with Gasteiger partial charge in [0.1, 0.15) is 0 Å². The molecule has 4 nitrogen and oxygen atoms in total. The molecular weight excluding hydrogens is 250 g/mol. The lowest BCUT2D eigenvalue weighted by Crippen LogP contribution is -2.43. The van der Waals surface area contributed by atoms with E-state index in [0.717, 1.165) is 32.5 Å². The SMILES string of the molecule is CN(CCNC(=O)N1CCCCCC1)c1ccccc1. The summed E-state index contributed by atoms with van der Waals surface area (Å²) in [6.07, 6.45) is 4.77. The van der Waals surface area contributed by atoms with Gasteiger partial charge in [-0.05, 0) is 25.0 Å². The topological polar surface area (TPSA) is 35.6 Å². The lowest BCUT2D eigenvalue weighted by molar-refractivity contribution is 0.200. The summed E-state index contributed by atoms with van der Waals surface area (Å²) in [7, 11) is 2.05. The van der Waals surface area contributed by atoms with Crippen molar-refractivity contribution in [3.8, 4) is 0 Å². The molecule has 1 heterocycles. The second-order valence-electron chi connectivity index (χ2n) is 5.39. The number of likely N-dealkylation sites (tertiary alicyclic amines) is 1. The highest BCUT2D eigenvalue weighted by atomic mass is 16.2. The maximum absolute atomic E-state index is 12.1. The summed E-state index contributed by atoms with van der Waals surface area (Å²) in [6, 6.07) is 10.3. The predicted octanol–water partition coefficient (Wildman–Crippen LogP) is 2.71. The molecule has 0 radical (unpaired) electrons. The Morgan fingerprint density at radius 2 is 1.80 bits per heavy atom. The highest BCUT2D eigenvalue weighted by Crippen LogP contribution is 2.11. The fourth-order valence-electron chi connectivity index (χ4n) is 2.53. The highest BCUT2D eigenvalue weighted by molar-refractivity contribution is 5.74.